The van der Waals surface area contributed by atoms with Gasteiger partial charge in [-0.05, 0) is 42.3 Å². The summed E-state index contributed by atoms with van der Waals surface area (Å²) in [6.45, 7) is 1.61. The van der Waals surface area contributed by atoms with Crippen LogP contribution in [0.5, 0.6) is 0 Å². The molecule has 0 fully saturated rings. The van der Waals surface area contributed by atoms with E-state index in [4.69, 9.17) is 22.5 Å². The van der Waals surface area contributed by atoms with Gasteiger partial charge in [0, 0.05) is 17.1 Å². The van der Waals surface area contributed by atoms with Gasteiger partial charge >= 0.3 is 0 Å². The van der Waals surface area contributed by atoms with Crippen molar-refractivity contribution in [3.8, 4) is 0 Å². The van der Waals surface area contributed by atoms with Crippen molar-refractivity contribution in [3.05, 3.63) is 70.2 Å². The smallest absolute Gasteiger partial charge is 0.170 e. The van der Waals surface area contributed by atoms with Crippen LogP contribution in [0, 0.1) is 0 Å². The van der Waals surface area contributed by atoms with Crippen molar-refractivity contribution in [3.63, 3.8) is 0 Å². The molecule has 2 rings (SSSR count). The highest BCUT2D eigenvalue weighted by atomic mass is 35.5. The second-order valence-electron chi connectivity index (χ2n) is 4.74. The largest absolute Gasteiger partial charge is 0.409 e. The third-order valence-corrected chi connectivity index (χ3v) is 3.42. The number of halogens is 1. The normalized spacial score (nSPS) is 11.6. The van der Waals surface area contributed by atoms with Crippen LogP contribution >= 0.6 is 11.6 Å². The molecule has 0 heterocycles. The number of hydrogen-bond acceptors (Lipinski definition) is 3. The van der Waals surface area contributed by atoms with Crippen molar-refractivity contribution in [2.75, 3.05) is 6.54 Å². The molecule has 0 radical (unpaired) electrons. The number of nitrogens with zero attached hydrogens (tertiary/aromatic N) is 1. The number of benzene rings is 2. The Morgan fingerprint density at radius 3 is 2.62 bits per heavy atom. The number of hydrogen-bond donors (Lipinski definition) is 3. The first-order valence-electron chi connectivity index (χ1n) is 6.71. The molecule has 0 saturated carbocycles. The van der Waals surface area contributed by atoms with E-state index >= 15 is 0 Å². The van der Waals surface area contributed by atoms with Crippen molar-refractivity contribution in [2.45, 2.75) is 13.0 Å². The molecule has 0 bridgehead atoms. The van der Waals surface area contributed by atoms with E-state index in [0.717, 1.165) is 35.7 Å². The lowest BCUT2D eigenvalue weighted by molar-refractivity contribution is 0.318. The fraction of sp³-hybridized carbons (Fsp3) is 0.188. The van der Waals surface area contributed by atoms with E-state index in [2.05, 4.69) is 10.5 Å². The molecule has 0 unspecified atom stereocenters. The van der Waals surface area contributed by atoms with Crippen LogP contribution in [-0.2, 0) is 13.0 Å². The van der Waals surface area contributed by atoms with Crippen LogP contribution in [0.25, 0.3) is 0 Å². The summed E-state index contributed by atoms with van der Waals surface area (Å²) in [7, 11) is 0. The maximum atomic E-state index is 8.68. The Hall–Kier alpha value is -2.04. The Morgan fingerprint density at radius 2 is 1.90 bits per heavy atom. The first-order chi connectivity index (χ1) is 10.2. The lowest BCUT2D eigenvalue weighted by Gasteiger charge is -2.07. The van der Waals surface area contributed by atoms with Crippen LogP contribution in [0.4, 0.5) is 0 Å². The third kappa shape index (κ3) is 4.77. The van der Waals surface area contributed by atoms with Gasteiger partial charge in [-0.3, -0.25) is 0 Å². The highest BCUT2D eigenvalue weighted by molar-refractivity contribution is 6.30. The van der Waals surface area contributed by atoms with E-state index in [1.165, 1.54) is 5.56 Å². The zero-order chi connectivity index (χ0) is 15.1. The van der Waals surface area contributed by atoms with Gasteiger partial charge < -0.3 is 16.3 Å². The zero-order valence-electron chi connectivity index (χ0n) is 11.6. The van der Waals surface area contributed by atoms with Gasteiger partial charge in [0.15, 0.2) is 5.84 Å². The van der Waals surface area contributed by atoms with Crippen molar-refractivity contribution in [1.82, 2.24) is 5.32 Å². The summed E-state index contributed by atoms with van der Waals surface area (Å²) in [5.41, 5.74) is 8.63. The molecule has 110 valence electrons. The highest BCUT2D eigenvalue weighted by Gasteiger charge is 2.00. The number of nitrogens with two attached hydrogens (primary N) is 1. The molecule has 0 atom stereocenters. The molecular weight excluding hydrogens is 286 g/mol. The summed E-state index contributed by atoms with van der Waals surface area (Å²) in [6, 6.07) is 15.5. The molecule has 0 aliphatic carbocycles. The molecule has 21 heavy (non-hydrogen) atoms. The molecule has 2 aromatic carbocycles. The molecule has 4 N–H and O–H groups in total. The van der Waals surface area contributed by atoms with Gasteiger partial charge in [-0.15, -0.1) is 0 Å². The van der Waals surface area contributed by atoms with Gasteiger partial charge in [0.05, 0.1) is 0 Å². The minimum atomic E-state index is 0.123. The summed E-state index contributed by atoms with van der Waals surface area (Å²) < 4.78 is 0. The predicted octanol–water partition coefficient (Wildman–Crippen LogP) is 2.77. The number of rotatable bonds is 6. The SMILES string of the molecule is NC(=NO)c1cccc(CNCCc2ccc(Cl)cc2)c1. The molecule has 0 aromatic heterocycles. The average Bonchev–Trinajstić information content (AvgIpc) is 2.53. The fourth-order valence-electron chi connectivity index (χ4n) is 2.01. The summed E-state index contributed by atoms with van der Waals surface area (Å²) in [4.78, 5) is 0. The minimum absolute atomic E-state index is 0.123. The van der Waals surface area contributed by atoms with Gasteiger partial charge in [0.2, 0.25) is 0 Å². The quantitative estimate of drug-likeness (QED) is 0.253. The van der Waals surface area contributed by atoms with E-state index < -0.39 is 0 Å². The van der Waals surface area contributed by atoms with Gasteiger partial charge in [-0.25, -0.2) is 0 Å². The van der Waals surface area contributed by atoms with Crippen LogP contribution in [0.2, 0.25) is 5.02 Å². The standard InChI is InChI=1S/C16H18ClN3O/c17-15-6-4-12(5-7-15)8-9-19-11-13-2-1-3-14(10-13)16(18)20-21/h1-7,10,19,21H,8-9,11H2,(H2,18,20). The first-order valence-corrected chi connectivity index (χ1v) is 7.09. The molecule has 2 aromatic rings. The zero-order valence-corrected chi connectivity index (χ0v) is 12.3. The lowest BCUT2D eigenvalue weighted by atomic mass is 10.1. The van der Waals surface area contributed by atoms with Crippen LogP contribution in [-0.4, -0.2) is 17.6 Å². The molecule has 0 amide bonds. The summed E-state index contributed by atoms with van der Waals surface area (Å²) in [6.07, 6.45) is 0.942. The van der Waals surface area contributed by atoms with E-state index in [0.29, 0.717) is 0 Å². The predicted molar refractivity (Wildman–Crippen MR) is 85.8 cm³/mol. The topological polar surface area (TPSA) is 70.6 Å². The Balaban J connectivity index is 1.82. The van der Waals surface area contributed by atoms with Gasteiger partial charge in [0.25, 0.3) is 0 Å². The monoisotopic (exact) mass is 303 g/mol. The Bertz CT molecular complexity index is 611. The molecule has 5 heteroatoms. The van der Waals surface area contributed by atoms with Crippen LogP contribution in [0.1, 0.15) is 16.7 Å². The van der Waals surface area contributed by atoms with Crippen LogP contribution in [0.3, 0.4) is 0 Å². The second-order valence-corrected chi connectivity index (χ2v) is 5.18. The molecule has 0 aliphatic heterocycles. The second kappa shape index (κ2) is 7.67. The van der Waals surface area contributed by atoms with Crippen LogP contribution in [0.15, 0.2) is 53.7 Å². The number of nitrogens with one attached hydrogen (secondary N) is 1. The lowest BCUT2D eigenvalue weighted by Crippen LogP contribution is -2.18. The van der Waals surface area contributed by atoms with Gasteiger partial charge in [-0.2, -0.15) is 0 Å². The van der Waals surface area contributed by atoms with Crippen LogP contribution < -0.4 is 11.1 Å². The average molecular weight is 304 g/mol. The molecule has 4 nitrogen and oxygen atoms in total. The van der Waals surface area contributed by atoms with E-state index in [9.17, 15) is 0 Å². The minimum Gasteiger partial charge on any atom is -0.409 e. The number of oxime groups is 1. The van der Waals surface area contributed by atoms with Crippen molar-refractivity contribution >= 4 is 17.4 Å². The van der Waals surface area contributed by atoms with E-state index in [1.807, 2.05) is 48.5 Å². The van der Waals surface area contributed by atoms with Gasteiger partial charge in [-0.1, -0.05) is 47.1 Å². The van der Waals surface area contributed by atoms with Gasteiger partial charge in [0.1, 0.15) is 0 Å². The molecule has 0 saturated heterocycles. The van der Waals surface area contributed by atoms with E-state index in [1.54, 1.807) is 0 Å². The van der Waals surface area contributed by atoms with Crippen molar-refractivity contribution < 1.29 is 5.21 Å². The Labute approximate surface area is 129 Å². The molecular formula is C16H18ClN3O. The first kappa shape index (κ1) is 15.4. The Kier molecular flexibility index (Phi) is 5.60. The highest BCUT2D eigenvalue weighted by Crippen LogP contribution is 2.10. The maximum Gasteiger partial charge on any atom is 0.170 e. The number of amidine groups is 1. The maximum absolute atomic E-state index is 8.68. The molecule has 0 aliphatic rings. The molecule has 0 spiro atoms. The Morgan fingerprint density at radius 1 is 1.14 bits per heavy atom. The van der Waals surface area contributed by atoms with Crippen molar-refractivity contribution in [1.29, 1.82) is 0 Å². The van der Waals surface area contributed by atoms with E-state index in [-0.39, 0.29) is 5.84 Å². The third-order valence-electron chi connectivity index (χ3n) is 3.16. The fourth-order valence-corrected chi connectivity index (χ4v) is 2.14. The van der Waals surface area contributed by atoms with Crippen molar-refractivity contribution in [2.24, 2.45) is 10.9 Å². The summed E-state index contributed by atoms with van der Waals surface area (Å²) >= 11 is 5.85. The summed E-state index contributed by atoms with van der Waals surface area (Å²) in [5, 5.41) is 15.8. The summed E-state index contributed by atoms with van der Waals surface area (Å²) in [5.74, 6) is 0.123.